The fraction of sp³-hybridized carbons (Fsp3) is 0.900. The second-order valence-electron chi connectivity index (χ2n) is 4.21. The minimum Gasteiger partial charge on any atom is -0.353 e. The molecule has 3 nitrogen and oxygen atoms in total. The highest BCUT2D eigenvalue weighted by Gasteiger charge is 2.23. The van der Waals surface area contributed by atoms with Crippen LogP contribution in [-0.4, -0.2) is 24.0 Å². The van der Waals surface area contributed by atoms with Crippen molar-refractivity contribution in [3.8, 4) is 0 Å². The van der Waals surface area contributed by atoms with Crippen molar-refractivity contribution in [1.82, 2.24) is 10.6 Å². The Morgan fingerprint density at radius 2 is 2.15 bits per heavy atom. The van der Waals surface area contributed by atoms with Crippen LogP contribution in [0.25, 0.3) is 0 Å². The Morgan fingerprint density at radius 3 is 2.69 bits per heavy atom. The lowest BCUT2D eigenvalue weighted by molar-refractivity contribution is -0.124. The zero-order chi connectivity index (χ0) is 9.84. The van der Waals surface area contributed by atoms with Crippen molar-refractivity contribution >= 4 is 5.91 Å². The highest BCUT2D eigenvalue weighted by Crippen LogP contribution is 2.12. The van der Waals surface area contributed by atoms with Crippen LogP contribution in [0.1, 0.15) is 40.0 Å². The van der Waals surface area contributed by atoms with E-state index in [2.05, 4.69) is 17.6 Å². The van der Waals surface area contributed by atoms with E-state index in [0.717, 1.165) is 12.8 Å². The van der Waals surface area contributed by atoms with Crippen LogP contribution in [0, 0.1) is 0 Å². The van der Waals surface area contributed by atoms with Gasteiger partial charge < -0.3 is 10.6 Å². The van der Waals surface area contributed by atoms with Gasteiger partial charge in [0.15, 0.2) is 0 Å². The quantitative estimate of drug-likeness (QED) is 0.673. The molecular formula is C10H20N2O. The monoisotopic (exact) mass is 184 g/mol. The summed E-state index contributed by atoms with van der Waals surface area (Å²) in [7, 11) is 0. The minimum atomic E-state index is 0.0335. The van der Waals surface area contributed by atoms with Crippen molar-refractivity contribution in [3.05, 3.63) is 0 Å². The second-order valence-corrected chi connectivity index (χ2v) is 4.21. The van der Waals surface area contributed by atoms with Gasteiger partial charge in [-0.15, -0.1) is 0 Å². The van der Waals surface area contributed by atoms with Crippen molar-refractivity contribution < 1.29 is 4.79 Å². The highest BCUT2D eigenvalue weighted by molar-refractivity contribution is 5.82. The van der Waals surface area contributed by atoms with Gasteiger partial charge in [0.2, 0.25) is 5.91 Å². The van der Waals surface area contributed by atoms with Gasteiger partial charge in [-0.05, 0) is 40.0 Å². The number of nitrogens with one attached hydrogen (secondary N) is 2. The van der Waals surface area contributed by atoms with E-state index in [0.29, 0.717) is 6.04 Å². The summed E-state index contributed by atoms with van der Waals surface area (Å²) in [6, 6.07) is 0.759. The predicted octanol–water partition coefficient (Wildman–Crippen LogP) is 1.04. The molecule has 0 saturated carbocycles. The Hall–Kier alpha value is -0.570. The fourth-order valence-corrected chi connectivity index (χ4v) is 1.73. The molecule has 1 saturated heterocycles. The Kier molecular flexibility index (Phi) is 3.72. The fourth-order valence-electron chi connectivity index (χ4n) is 1.73. The summed E-state index contributed by atoms with van der Waals surface area (Å²) < 4.78 is 0. The van der Waals surface area contributed by atoms with Gasteiger partial charge in [-0.25, -0.2) is 0 Å². The number of carbonyl (C=O) groups excluding carboxylic acids is 1. The van der Waals surface area contributed by atoms with E-state index in [9.17, 15) is 4.79 Å². The first-order chi connectivity index (χ1) is 6.09. The number of amides is 1. The number of piperidine rings is 1. The van der Waals surface area contributed by atoms with Gasteiger partial charge >= 0.3 is 0 Å². The third kappa shape index (κ3) is 3.35. The molecule has 0 radical (unpaired) electrons. The molecule has 1 fully saturated rings. The van der Waals surface area contributed by atoms with E-state index < -0.39 is 0 Å². The molecular weight excluding hydrogens is 164 g/mol. The topological polar surface area (TPSA) is 41.1 Å². The summed E-state index contributed by atoms with van der Waals surface area (Å²) >= 11 is 0. The van der Waals surface area contributed by atoms with Crippen molar-refractivity contribution in [3.63, 3.8) is 0 Å². The van der Waals surface area contributed by atoms with Gasteiger partial charge in [-0.1, -0.05) is 0 Å². The summed E-state index contributed by atoms with van der Waals surface area (Å²) in [4.78, 5) is 11.6. The number of hydrogen-bond acceptors (Lipinski definition) is 2. The molecule has 3 heteroatoms. The van der Waals surface area contributed by atoms with Crippen molar-refractivity contribution in [2.45, 2.75) is 58.2 Å². The van der Waals surface area contributed by atoms with E-state index in [4.69, 9.17) is 0 Å². The molecule has 0 spiro atoms. The lowest BCUT2D eigenvalue weighted by Gasteiger charge is -2.28. The molecule has 0 aliphatic carbocycles. The van der Waals surface area contributed by atoms with Crippen LogP contribution in [0.3, 0.4) is 0 Å². The van der Waals surface area contributed by atoms with E-state index in [1.807, 2.05) is 13.8 Å². The second kappa shape index (κ2) is 4.61. The third-order valence-corrected chi connectivity index (χ3v) is 2.36. The van der Waals surface area contributed by atoms with Crippen LogP contribution in [-0.2, 0) is 4.79 Å². The van der Waals surface area contributed by atoms with Crippen molar-refractivity contribution in [2.24, 2.45) is 0 Å². The Balaban J connectivity index is 2.37. The normalized spacial score (nSPS) is 28.9. The highest BCUT2D eigenvalue weighted by atomic mass is 16.2. The summed E-state index contributed by atoms with van der Waals surface area (Å²) in [5.41, 5.74) is 0. The molecule has 2 N–H and O–H groups in total. The Bertz CT molecular complexity index is 180. The maximum Gasteiger partial charge on any atom is 0.237 e. The lowest BCUT2D eigenvalue weighted by Crippen LogP contribution is -2.51. The van der Waals surface area contributed by atoms with Gasteiger partial charge in [0.05, 0.1) is 6.04 Å². The maximum atomic E-state index is 11.6. The molecule has 1 aliphatic rings. The molecule has 1 rings (SSSR count). The molecule has 76 valence electrons. The maximum absolute atomic E-state index is 11.6. The van der Waals surface area contributed by atoms with Gasteiger partial charge in [0.1, 0.15) is 0 Å². The number of rotatable bonds is 2. The Labute approximate surface area is 80.3 Å². The van der Waals surface area contributed by atoms with Gasteiger partial charge in [0.25, 0.3) is 0 Å². The summed E-state index contributed by atoms with van der Waals surface area (Å²) in [5.74, 6) is 0.154. The molecule has 0 aromatic rings. The van der Waals surface area contributed by atoms with Crippen molar-refractivity contribution in [1.29, 1.82) is 0 Å². The van der Waals surface area contributed by atoms with Gasteiger partial charge in [0, 0.05) is 12.1 Å². The molecule has 0 bridgehead atoms. The molecule has 1 heterocycles. The zero-order valence-electron chi connectivity index (χ0n) is 8.76. The molecule has 13 heavy (non-hydrogen) atoms. The van der Waals surface area contributed by atoms with Gasteiger partial charge in [-0.3, -0.25) is 4.79 Å². The third-order valence-electron chi connectivity index (χ3n) is 2.36. The SMILES string of the molecule is CC(C)NC(=O)C1CCCC(C)N1. The van der Waals surface area contributed by atoms with Crippen LogP contribution in [0.4, 0.5) is 0 Å². The van der Waals surface area contributed by atoms with Crippen LogP contribution >= 0.6 is 0 Å². The average Bonchev–Trinajstić information content (AvgIpc) is 2.03. The molecule has 0 aromatic heterocycles. The van der Waals surface area contributed by atoms with Gasteiger partial charge in [-0.2, -0.15) is 0 Å². The lowest BCUT2D eigenvalue weighted by atomic mass is 9.99. The standard InChI is InChI=1S/C10H20N2O/c1-7(2)11-10(13)9-6-4-5-8(3)12-9/h7-9,12H,4-6H2,1-3H3,(H,11,13). The Morgan fingerprint density at radius 1 is 1.46 bits per heavy atom. The molecule has 2 atom stereocenters. The zero-order valence-corrected chi connectivity index (χ0v) is 8.76. The van der Waals surface area contributed by atoms with E-state index in [1.165, 1.54) is 6.42 Å². The average molecular weight is 184 g/mol. The summed E-state index contributed by atoms with van der Waals surface area (Å²) in [6.07, 6.45) is 3.32. The molecule has 2 unspecified atom stereocenters. The predicted molar refractivity (Wildman–Crippen MR) is 53.5 cm³/mol. The first-order valence-corrected chi connectivity index (χ1v) is 5.16. The van der Waals surface area contributed by atoms with E-state index in [-0.39, 0.29) is 18.0 Å². The smallest absolute Gasteiger partial charge is 0.237 e. The van der Waals surface area contributed by atoms with Crippen LogP contribution in [0.15, 0.2) is 0 Å². The summed E-state index contributed by atoms with van der Waals surface area (Å²) in [6.45, 7) is 6.11. The largest absolute Gasteiger partial charge is 0.353 e. The number of hydrogen-bond donors (Lipinski definition) is 2. The molecule has 0 aromatic carbocycles. The van der Waals surface area contributed by atoms with Crippen LogP contribution in [0.5, 0.6) is 0 Å². The first-order valence-electron chi connectivity index (χ1n) is 5.16. The van der Waals surface area contributed by atoms with Crippen LogP contribution in [0.2, 0.25) is 0 Å². The van der Waals surface area contributed by atoms with Crippen molar-refractivity contribution in [2.75, 3.05) is 0 Å². The molecule has 1 aliphatic heterocycles. The number of carbonyl (C=O) groups is 1. The molecule has 1 amide bonds. The van der Waals surface area contributed by atoms with E-state index >= 15 is 0 Å². The van der Waals surface area contributed by atoms with Crippen LogP contribution < -0.4 is 10.6 Å². The van der Waals surface area contributed by atoms with E-state index in [1.54, 1.807) is 0 Å². The minimum absolute atomic E-state index is 0.0335. The first kappa shape index (κ1) is 10.5. The summed E-state index contributed by atoms with van der Waals surface area (Å²) in [5, 5.41) is 6.24.